The molecule has 0 heterocycles. The van der Waals surface area contributed by atoms with Gasteiger partial charge < -0.3 is 0 Å². The van der Waals surface area contributed by atoms with Crippen LogP contribution in [-0.4, -0.2) is 70.6 Å². The molecular weight excluding hydrogens is 279 g/mol. The molecule has 0 fully saturated rings. The molecule has 0 atom stereocenters. The summed E-state index contributed by atoms with van der Waals surface area (Å²) in [5, 5.41) is 25.8. The third-order valence-electron chi connectivity index (χ3n) is 1.50. The topological polar surface area (TPSA) is 88.4 Å². The first-order valence-corrected chi connectivity index (χ1v) is 7.66. The average molecular weight is 300 g/mol. The molecular formula is C9H21AsO6. The van der Waals surface area contributed by atoms with Crippen LogP contribution in [0.2, 0.25) is 0 Å². The van der Waals surface area contributed by atoms with E-state index in [1.54, 1.807) is 0 Å². The van der Waals surface area contributed by atoms with Crippen LogP contribution >= 0.6 is 0 Å². The molecule has 0 aliphatic heterocycles. The van der Waals surface area contributed by atoms with E-state index in [0.717, 1.165) is 0 Å². The fourth-order valence-corrected chi connectivity index (χ4v) is 2.94. The molecule has 0 aliphatic carbocycles. The molecule has 6 nitrogen and oxygen atoms in total. The van der Waals surface area contributed by atoms with Gasteiger partial charge in [-0.2, -0.15) is 0 Å². The van der Waals surface area contributed by atoms with E-state index in [4.69, 9.17) is 26.5 Å². The number of aliphatic hydroxyl groups excluding tert-OH is 3. The predicted octanol–water partition coefficient (Wildman–Crippen LogP) is -0.832. The number of hydrogen-bond donors (Lipinski definition) is 3. The van der Waals surface area contributed by atoms with E-state index in [-0.39, 0.29) is 19.8 Å². The van der Waals surface area contributed by atoms with Gasteiger partial charge in [-0.1, -0.05) is 0 Å². The molecule has 0 aromatic heterocycles. The zero-order valence-electron chi connectivity index (χ0n) is 9.38. The Morgan fingerprint density at radius 2 is 0.938 bits per heavy atom. The van der Waals surface area contributed by atoms with Crippen LogP contribution in [0.4, 0.5) is 0 Å². The molecule has 0 radical (unpaired) electrons. The van der Waals surface area contributed by atoms with Gasteiger partial charge in [-0.15, -0.1) is 0 Å². The third-order valence-corrected chi connectivity index (χ3v) is 3.97. The Hall–Kier alpha value is 0.318. The Balaban J connectivity index is 3.58. The van der Waals surface area contributed by atoms with Gasteiger partial charge in [0, 0.05) is 0 Å². The van der Waals surface area contributed by atoms with Crippen LogP contribution in [0.1, 0.15) is 19.3 Å². The summed E-state index contributed by atoms with van der Waals surface area (Å²) in [6.45, 7) is 1.47. The van der Waals surface area contributed by atoms with Crippen LogP contribution in [0.5, 0.6) is 0 Å². The van der Waals surface area contributed by atoms with Gasteiger partial charge in [0.2, 0.25) is 0 Å². The van der Waals surface area contributed by atoms with Crippen molar-refractivity contribution in [2.75, 3.05) is 39.6 Å². The van der Waals surface area contributed by atoms with Gasteiger partial charge >= 0.3 is 101 Å². The molecule has 0 amide bonds. The fourth-order valence-electron chi connectivity index (χ4n) is 0.723. The molecule has 0 aromatic rings. The number of aliphatic hydroxyl groups is 3. The Morgan fingerprint density at radius 3 is 1.19 bits per heavy atom. The minimum atomic E-state index is -2.23. The van der Waals surface area contributed by atoms with Crippen molar-refractivity contribution >= 4 is 15.7 Å². The van der Waals surface area contributed by atoms with Crippen LogP contribution < -0.4 is 0 Å². The minimum absolute atomic E-state index is 0.0789. The molecule has 0 aliphatic rings. The molecule has 0 bridgehead atoms. The summed E-state index contributed by atoms with van der Waals surface area (Å²) in [6.07, 6.45) is 1.66. The number of rotatable bonds is 12. The van der Waals surface area contributed by atoms with Crippen LogP contribution in [0.3, 0.4) is 0 Å². The van der Waals surface area contributed by atoms with Crippen molar-refractivity contribution in [2.45, 2.75) is 19.3 Å². The Labute approximate surface area is 101 Å². The molecule has 7 heteroatoms. The van der Waals surface area contributed by atoms with Gasteiger partial charge in [-0.3, -0.25) is 0 Å². The number of hydrogen-bond acceptors (Lipinski definition) is 6. The van der Waals surface area contributed by atoms with Crippen molar-refractivity contribution in [3.05, 3.63) is 0 Å². The monoisotopic (exact) mass is 300 g/mol. The molecule has 3 N–H and O–H groups in total. The second kappa shape index (κ2) is 13.4. The molecule has 16 heavy (non-hydrogen) atoms. The Kier molecular flexibility index (Phi) is 13.7. The first-order chi connectivity index (χ1) is 7.85. The summed E-state index contributed by atoms with van der Waals surface area (Å²) in [4.78, 5) is 0. The maximum atomic E-state index is 8.60. The van der Waals surface area contributed by atoms with Gasteiger partial charge in [-0.05, 0) is 0 Å². The predicted molar refractivity (Wildman–Crippen MR) is 58.7 cm³/mol. The zero-order chi connectivity index (χ0) is 12.1. The fraction of sp³-hybridized carbons (Fsp3) is 1.00. The Bertz CT molecular complexity index is 113. The van der Waals surface area contributed by atoms with E-state index >= 15 is 0 Å². The molecule has 0 rings (SSSR count). The van der Waals surface area contributed by atoms with Crippen LogP contribution in [0.15, 0.2) is 0 Å². The quantitative estimate of drug-likeness (QED) is 0.322. The molecule has 0 unspecified atom stereocenters. The SMILES string of the molecule is OCCCO[As](OCCCO)OCCCO. The van der Waals surface area contributed by atoms with Crippen molar-refractivity contribution in [2.24, 2.45) is 0 Å². The maximum absolute atomic E-state index is 8.60. The summed E-state index contributed by atoms with van der Waals surface area (Å²) in [7, 11) is 0. The van der Waals surface area contributed by atoms with Gasteiger partial charge in [0.1, 0.15) is 0 Å². The summed E-state index contributed by atoms with van der Waals surface area (Å²) >= 11 is -2.23. The van der Waals surface area contributed by atoms with Gasteiger partial charge in [0.05, 0.1) is 0 Å². The summed E-state index contributed by atoms with van der Waals surface area (Å²) in [5.41, 5.74) is 0. The molecule has 0 spiro atoms. The van der Waals surface area contributed by atoms with E-state index in [0.29, 0.717) is 39.1 Å². The van der Waals surface area contributed by atoms with Crippen molar-refractivity contribution in [3.8, 4) is 0 Å². The van der Waals surface area contributed by atoms with Gasteiger partial charge in [0.15, 0.2) is 0 Å². The summed E-state index contributed by atoms with van der Waals surface area (Å²) in [6, 6.07) is 0. The Morgan fingerprint density at radius 1 is 0.625 bits per heavy atom. The second-order valence-corrected chi connectivity index (χ2v) is 5.52. The van der Waals surface area contributed by atoms with Crippen molar-refractivity contribution in [1.82, 2.24) is 0 Å². The average Bonchev–Trinajstić information content (AvgIpc) is 2.29. The molecule has 0 saturated carbocycles. The standard InChI is InChI=1S/C9H21AsO6/c11-4-1-7-14-10(15-8-2-5-12)16-9-3-6-13/h11-13H,1-9H2. The summed E-state index contributed by atoms with van der Waals surface area (Å²) in [5.74, 6) is 0. The van der Waals surface area contributed by atoms with Crippen LogP contribution in [-0.2, 0) is 11.2 Å². The van der Waals surface area contributed by atoms with Crippen molar-refractivity contribution < 1.29 is 26.5 Å². The van der Waals surface area contributed by atoms with E-state index in [1.807, 2.05) is 0 Å². The van der Waals surface area contributed by atoms with Gasteiger partial charge in [0.25, 0.3) is 0 Å². The van der Waals surface area contributed by atoms with Crippen LogP contribution in [0, 0.1) is 0 Å². The third kappa shape index (κ3) is 10.8. The first kappa shape index (κ1) is 16.3. The first-order valence-electron chi connectivity index (χ1n) is 5.36. The summed E-state index contributed by atoms with van der Waals surface area (Å²) < 4.78 is 16.1. The van der Waals surface area contributed by atoms with E-state index in [9.17, 15) is 0 Å². The molecule has 98 valence electrons. The van der Waals surface area contributed by atoms with Gasteiger partial charge in [-0.25, -0.2) is 0 Å². The normalized spacial score (nSPS) is 11.2. The zero-order valence-corrected chi connectivity index (χ0v) is 11.3. The van der Waals surface area contributed by atoms with E-state index in [1.165, 1.54) is 0 Å². The van der Waals surface area contributed by atoms with E-state index < -0.39 is 15.7 Å². The van der Waals surface area contributed by atoms with Crippen molar-refractivity contribution in [3.63, 3.8) is 0 Å². The molecule has 0 aromatic carbocycles. The van der Waals surface area contributed by atoms with Crippen molar-refractivity contribution in [1.29, 1.82) is 0 Å². The second-order valence-electron chi connectivity index (χ2n) is 2.95. The van der Waals surface area contributed by atoms with E-state index in [2.05, 4.69) is 0 Å². The van der Waals surface area contributed by atoms with Crippen LogP contribution in [0.25, 0.3) is 0 Å². The molecule has 0 saturated heterocycles.